The molecule has 9 heteroatoms. The van der Waals surface area contributed by atoms with Crippen molar-refractivity contribution < 1.29 is 33.3 Å². The Hall–Kier alpha value is -2.55. The van der Waals surface area contributed by atoms with E-state index in [1.807, 2.05) is 0 Å². The van der Waals surface area contributed by atoms with Crippen molar-refractivity contribution in [3.8, 4) is 11.5 Å². The molecular weight excluding hydrogens is 434 g/mol. The van der Waals surface area contributed by atoms with Crippen LogP contribution in [0.4, 0.5) is 0 Å². The molecule has 1 aliphatic rings. The van der Waals surface area contributed by atoms with Crippen LogP contribution in [-0.2, 0) is 29.5 Å². The van der Waals surface area contributed by atoms with Gasteiger partial charge in [-0.3, -0.25) is 19.7 Å². The summed E-state index contributed by atoms with van der Waals surface area (Å²) in [6, 6.07) is 4.87. The number of hydrogen-bond donors (Lipinski definition) is 1. The quantitative estimate of drug-likeness (QED) is 0.474. The molecule has 0 spiro atoms. The Kier molecular flexibility index (Phi) is 7.06. The minimum atomic E-state index is -1.51. The monoisotopic (exact) mass is 455 g/mol. The number of Topliss-reactive ketones (excluding diaryl/α,β-unsaturated/α-hetero) is 1. The Morgan fingerprint density at radius 3 is 2.46 bits per heavy atom. The molecule has 0 saturated carbocycles. The predicted molar refractivity (Wildman–Crippen MR) is 103 cm³/mol. The second-order valence-electron chi connectivity index (χ2n) is 6.13. The van der Waals surface area contributed by atoms with Gasteiger partial charge < -0.3 is 18.9 Å². The molecule has 28 heavy (non-hydrogen) atoms. The number of benzene rings is 1. The number of amides is 1. The lowest BCUT2D eigenvalue weighted by molar-refractivity contribution is -0.142. The zero-order valence-corrected chi connectivity index (χ0v) is 17.7. The number of nitrogens with one attached hydrogen (secondary N) is 1. The molecule has 152 valence electrons. The number of halogens is 1. The fourth-order valence-corrected chi connectivity index (χ4v) is 2.96. The van der Waals surface area contributed by atoms with Crippen molar-refractivity contribution in [2.75, 3.05) is 19.5 Å². The van der Waals surface area contributed by atoms with Gasteiger partial charge >= 0.3 is 5.97 Å². The smallest absolute Gasteiger partial charge is 0.308 e. The predicted octanol–water partition coefficient (Wildman–Crippen LogP) is 2.54. The molecule has 0 bridgehead atoms. The third-order valence-corrected chi connectivity index (χ3v) is 4.68. The van der Waals surface area contributed by atoms with Crippen LogP contribution in [0.5, 0.6) is 11.5 Å². The first-order chi connectivity index (χ1) is 13.3. The zero-order valence-electron chi connectivity index (χ0n) is 16.1. The van der Waals surface area contributed by atoms with Gasteiger partial charge in [0.05, 0.1) is 14.2 Å². The fraction of sp³-hybridized carbons (Fsp3) is 0.421. The fourth-order valence-electron chi connectivity index (χ4n) is 2.67. The molecule has 1 aromatic rings. The number of rotatable bonds is 8. The third kappa shape index (κ3) is 4.46. The highest BCUT2D eigenvalue weighted by Crippen LogP contribution is 2.41. The molecule has 0 radical (unpaired) electrons. The summed E-state index contributed by atoms with van der Waals surface area (Å²) in [6.45, 7) is 2.69. The van der Waals surface area contributed by atoms with E-state index in [4.69, 9.17) is 18.9 Å². The van der Waals surface area contributed by atoms with Gasteiger partial charge in [0, 0.05) is 24.2 Å². The van der Waals surface area contributed by atoms with E-state index in [9.17, 15) is 14.4 Å². The first kappa shape index (κ1) is 21.7. The first-order valence-corrected chi connectivity index (χ1v) is 9.63. The second kappa shape index (κ2) is 9.09. The molecular formula is C19H22BrNO7. The van der Waals surface area contributed by atoms with Crippen LogP contribution in [0.25, 0.3) is 0 Å². The summed E-state index contributed by atoms with van der Waals surface area (Å²) in [6.07, 6.45) is 0.815. The number of ether oxygens (including phenoxy) is 4. The molecule has 0 fully saturated rings. The van der Waals surface area contributed by atoms with Crippen molar-refractivity contribution in [3.63, 3.8) is 0 Å². The summed E-state index contributed by atoms with van der Waals surface area (Å²) in [7, 11) is 2.97. The molecule has 2 rings (SSSR count). The Labute approximate surface area is 171 Å². The SMILES string of the molecule is COc1ccc(C2(C)OC(NC(=O)CCCBr)=C(OC(C)=O)C2=O)cc1OC. The van der Waals surface area contributed by atoms with Crippen molar-refractivity contribution in [1.82, 2.24) is 5.32 Å². The van der Waals surface area contributed by atoms with Gasteiger partial charge in [0.2, 0.25) is 17.5 Å². The second-order valence-corrected chi connectivity index (χ2v) is 6.92. The molecule has 8 nitrogen and oxygen atoms in total. The summed E-state index contributed by atoms with van der Waals surface area (Å²) in [5, 5.41) is 3.17. The van der Waals surface area contributed by atoms with Crippen LogP contribution < -0.4 is 14.8 Å². The summed E-state index contributed by atoms with van der Waals surface area (Å²) < 4.78 is 21.3. The standard InChI is InChI=1S/C19H22BrNO7/c1-11(22)27-16-17(24)19(2,28-18(16)21-15(23)6-5-9-20)12-7-8-13(25-3)14(10-12)26-4/h7-8,10H,5-6,9H2,1-4H3,(H,21,23). The maximum absolute atomic E-state index is 13.0. The molecule has 1 aromatic carbocycles. The van der Waals surface area contributed by atoms with Gasteiger partial charge in [0.1, 0.15) is 0 Å². The maximum Gasteiger partial charge on any atom is 0.308 e. The lowest BCUT2D eigenvalue weighted by Gasteiger charge is -2.24. The molecule has 1 heterocycles. The molecule has 0 saturated heterocycles. The van der Waals surface area contributed by atoms with Crippen LogP contribution in [0.3, 0.4) is 0 Å². The third-order valence-electron chi connectivity index (χ3n) is 4.12. The van der Waals surface area contributed by atoms with Crippen LogP contribution in [0.15, 0.2) is 29.8 Å². The largest absolute Gasteiger partial charge is 0.493 e. The highest BCUT2D eigenvalue weighted by molar-refractivity contribution is 9.09. The van der Waals surface area contributed by atoms with Gasteiger partial charge in [-0.15, -0.1) is 0 Å². The highest BCUT2D eigenvalue weighted by Gasteiger charge is 2.50. The van der Waals surface area contributed by atoms with Crippen molar-refractivity contribution in [2.24, 2.45) is 0 Å². The van der Waals surface area contributed by atoms with E-state index >= 15 is 0 Å². The van der Waals surface area contributed by atoms with Crippen molar-refractivity contribution >= 4 is 33.6 Å². The van der Waals surface area contributed by atoms with Crippen LogP contribution in [0, 0.1) is 0 Å². The minimum absolute atomic E-state index is 0.183. The van der Waals surface area contributed by atoms with Gasteiger partial charge in [-0.1, -0.05) is 22.0 Å². The normalized spacial score (nSPS) is 18.5. The van der Waals surface area contributed by atoms with Gasteiger partial charge in [0.25, 0.3) is 5.78 Å². The van der Waals surface area contributed by atoms with Crippen LogP contribution in [0.1, 0.15) is 32.3 Å². The summed E-state index contributed by atoms with van der Waals surface area (Å²) in [5.41, 5.74) is -1.06. The molecule has 1 unspecified atom stereocenters. The van der Waals surface area contributed by atoms with E-state index in [0.29, 0.717) is 28.8 Å². The number of esters is 1. The van der Waals surface area contributed by atoms with Crippen LogP contribution in [-0.4, -0.2) is 37.2 Å². The topological polar surface area (TPSA) is 100 Å². The molecule has 1 N–H and O–H groups in total. The Morgan fingerprint density at radius 1 is 1.21 bits per heavy atom. The Morgan fingerprint density at radius 2 is 1.89 bits per heavy atom. The summed E-state index contributed by atoms with van der Waals surface area (Å²) in [4.78, 5) is 36.6. The number of methoxy groups -OCH3 is 2. The van der Waals surface area contributed by atoms with E-state index in [1.165, 1.54) is 21.1 Å². The van der Waals surface area contributed by atoms with Gasteiger partial charge in [-0.25, -0.2) is 0 Å². The van der Waals surface area contributed by atoms with Crippen molar-refractivity contribution in [2.45, 2.75) is 32.3 Å². The maximum atomic E-state index is 13.0. The van der Waals surface area contributed by atoms with Crippen LogP contribution >= 0.6 is 15.9 Å². The van der Waals surface area contributed by atoms with Crippen LogP contribution in [0.2, 0.25) is 0 Å². The van der Waals surface area contributed by atoms with Gasteiger partial charge in [-0.2, -0.15) is 0 Å². The number of ketones is 1. The van der Waals surface area contributed by atoms with E-state index in [1.54, 1.807) is 18.2 Å². The molecule has 1 amide bonds. The molecule has 0 aliphatic carbocycles. The van der Waals surface area contributed by atoms with Crippen molar-refractivity contribution in [3.05, 3.63) is 35.4 Å². The summed E-state index contributed by atoms with van der Waals surface area (Å²) in [5.74, 6) is -1.28. The minimum Gasteiger partial charge on any atom is -0.493 e. The number of alkyl halides is 1. The Bertz CT molecular complexity index is 821. The zero-order chi connectivity index (χ0) is 20.9. The number of carbonyl (C=O) groups excluding carboxylic acids is 3. The lowest BCUT2D eigenvalue weighted by Crippen LogP contribution is -2.32. The van der Waals surface area contributed by atoms with Crippen molar-refractivity contribution in [1.29, 1.82) is 0 Å². The Balaban J connectivity index is 2.39. The highest BCUT2D eigenvalue weighted by atomic mass is 79.9. The summed E-state index contributed by atoms with van der Waals surface area (Å²) >= 11 is 3.25. The lowest BCUT2D eigenvalue weighted by atomic mass is 9.91. The van der Waals surface area contributed by atoms with E-state index < -0.39 is 17.4 Å². The first-order valence-electron chi connectivity index (χ1n) is 8.51. The molecule has 1 aliphatic heterocycles. The van der Waals surface area contributed by atoms with E-state index in [0.717, 1.165) is 6.92 Å². The molecule has 1 atom stereocenters. The average molecular weight is 456 g/mol. The van der Waals surface area contributed by atoms with Gasteiger partial charge in [0.15, 0.2) is 17.1 Å². The van der Waals surface area contributed by atoms with Gasteiger partial charge in [-0.05, 0) is 25.5 Å². The number of hydrogen-bond acceptors (Lipinski definition) is 7. The molecule has 0 aromatic heterocycles. The average Bonchev–Trinajstić information content (AvgIpc) is 2.90. The van der Waals surface area contributed by atoms with E-state index in [2.05, 4.69) is 21.2 Å². The number of carbonyl (C=O) groups is 3. The van der Waals surface area contributed by atoms with E-state index in [-0.39, 0.29) is 24.0 Å².